The van der Waals surface area contributed by atoms with Crippen LogP contribution in [-0.2, 0) is 6.54 Å². The van der Waals surface area contributed by atoms with Crippen molar-refractivity contribution in [2.24, 2.45) is 5.92 Å². The molecular formula is C16H17N3O. The van der Waals surface area contributed by atoms with E-state index in [2.05, 4.69) is 23.8 Å². The molecule has 3 aromatic rings. The smallest absolute Gasteiger partial charge is 0.263 e. The van der Waals surface area contributed by atoms with E-state index < -0.39 is 0 Å². The number of fused-ring (bicyclic) bond motifs is 3. The van der Waals surface area contributed by atoms with Gasteiger partial charge in [-0.25, -0.2) is 4.98 Å². The fourth-order valence-corrected chi connectivity index (χ4v) is 2.55. The fourth-order valence-electron chi connectivity index (χ4n) is 2.55. The monoisotopic (exact) mass is 267 g/mol. The first-order valence-corrected chi connectivity index (χ1v) is 6.82. The predicted molar refractivity (Wildman–Crippen MR) is 80.9 cm³/mol. The maximum Gasteiger partial charge on any atom is 0.263 e. The van der Waals surface area contributed by atoms with Gasteiger partial charge in [0, 0.05) is 11.9 Å². The Bertz CT molecular complexity index is 849. The summed E-state index contributed by atoms with van der Waals surface area (Å²) < 4.78 is 1.68. The van der Waals surface area contributed by atoms with Crippen molar-refractivity contribution in [1.82, 2.24) is 14.5 Å². The number of nitrogens with zero attached hydrogens (tertiary/aromatic N) is 3. The van der Waals surface area contributed by atoms with Gasteiger partial charge in [0.2, 0.25) is 0 Å². The van der Waals surface area contributed by atoms with Crippen molar-refractivity contribution < 1.29 is 0 Å². The fraction of sp³-hybridized carbons (Fsp3) is 0.312. The van der Waals surface area contributed by atoms with Crippen molar-refractivity contribution >= 4 is 21.8 Å². The molecule has 2 heterocycles. The highest BCUT2D eigenvalue weighted by molar-refractivity contribution is 6.03. The first-order chi connectivity index (χ1) is 9.58. The maximum atomic E-state index is 12.6. The van der Waals surface area contributed by atoms with E-state index in [1.165, 1.54) is 0 Å². The van der Waals surface area contributed by atoms with Gasteiger partial charge in [0.1, 0.15) is 0 Å². The third kappa shape index (κ3) is 1.97. The maximum absolute atomic E-state index is 12.6. The number of aromatic nitrogens is 3. The molecule has 102 valence electrons. The molecule has 0 amide bonds. The third-order valence-corrected chi connectivity index (χ3v) is 3.41. The highest BCUT2D eigenvalue weighted by Crippen LogP contribution is 2.21. The Kier molecular flexibility index (Phi) is 3.01. The normalized spacial score (nSPS) is 11.6. The third-order valence-electron chi connectivity index (χ3n) is 3.41. The first kappa shape index (κ1) is 12.8. The zero-order valence-electron chi connectivity index (χ0n) is 11.9. The van der Waals surface area contributed by atoms with Crippen LogP contribution in [0, 0.1) is 12.8 Å². The van der Waals surface area contributed by atoms with Crippen LogP contribution < -0.4 is 5.56 Å². The Morgan fingerprint density at radius 2 is 2.00 bits per heavy atom. The molecule has 0 saturated carbocycles. The Hall–Kier alpha value is -2.23. The number of hydrogen-bond donors (Lipinski definition) is 0. The molecule has 0 aliphatic rings. The van der Waals surface area contributed by atoms with Crippen molar-refractivity contribution in [3.8, 4) is 0 Å². The van der Waals surface area contributed by atoms with Crippen molar-refractivity contribution in [3.05, 3.63) is 46.6 Å². The summed E-state index contributed by atoms with van der Waals surface area (Å²) in [6.45, 7) is 6.72. The van der Waals surface area contributed by atoms with Crippen molar-refractivity contribution in [1.29, 1.82) is 0 Å². The van der Waals surface area contributed by atoms with Crippen LogP contribution in [-0.4, -0.2) is 14.5 Å². The summed E-state index contributed by atoms with van der Waals surface area (Å²) in [4.78, 5) is 21.6. The number of para-hydroxylation sites is 1. The molecular weight excluding hydrogens is 250 g/mol. The summed E-state index contributed by atoms with van der Waals surface area (Å²) in [6.07, 6.45) is 1.65. The SMILES string of the molecule is Cc1nc2ccccc2c2ncn(CC(C)C)c(=O)c12. The van der Waals surface area contributed by atoms with Crippen LogP contribution in [0.1, 0.15) is 19.5 Å². The average molecular weight is 267 g/mol. The summed E-state index contributed by atoms with van der Waals surface area (Å²) in [5, 5.41) is 1.56. The molecule has 2 aromatic heterocycles. The minimum atomic E-state index is -0.000506. The van der Waals surface area contributed by atoms with Crippen molar-refractivity contribution in [2.45, 2.75) is 27.3 Å². The quantitative estimate of drug-likeness (QED) is 0.671. The molecule has 0 bridgehead atoms. The van der Waals surface area contributed by atoms with Crippen LogP contribution >= 0.6 is 0 Å². The molecule has 4 heteroatoms. The van der Waals surface area contributed by atoms with Crippen molar-refractivity contribution in [3.63, 3.8) is 0 Å². The molecule has 0 saturated heterocycles. The Balaban J connectivity index is 2.41. The molecule has 20 heavy (non-hydrogen) atoms. The van der Waals surface area contributed by atoms with Gasteiger partial charge in [-0.2, -0.15) is 0 Å². The Labute approximate surface area is 117 Å². The minimum absolute atomic E-state index is 0.000506. The van der Waals surface area contributed by atoms with E-state index in [4.69, 9.17) is 0 Å². The molecule has 0 unspecified atom stereocenters. The van der Waals surface area contributed by atoms with Gasteiger partial charge < -0.3 is 0 Å². The molecule has 0 aliphatic carbocycles. The molecule has 4 nitrogen and oxygen atoms in total. The zero-order valence-corrected chi connectivity index (χ0v) is 11.9. The molecule has 0 aliphatic heterocycles. The van der Waals surface area contributed by atoms with Gasteiger partial charge in [0.25, 0.3) is 5.56 Å². The highest BCUT2D eigenvalue weighted by Gasteiger charge is 2.12. The molecule has 0 spiro atoms. The largest absolute Gasteiger partial charge is 0.298 e. The summed E-state index contributed by atoms with van der Waals surface area (Å²) >= 11 is 0. The zero-order chi connectivity index (χ0) is 14.3. The molecule has 0 N–H and O–H groups in total. The lowest BCUT2D eigenvalue weighted by molar-refractivity contribution is 0.508. The molecule has 0 fully saturated rings. The second kappa shape index (κ2) is 4.71. The summed E-state index contributed by atoms with van der Waals surface area (Å²) in [7, 11) is 0. The number of aryl methyl sites for hydroxylation is 1. The lowest BCUT2D eigenvalue weighted by atomic mass is 10.1. The average Bonchev–Trinajstić information content (AvgIpc) is 2.41. The predicted octanol–water partition coefficient (Wildman–Crippen LogP) is 2.91. The lowest BCUT2D eigenvalue weighted by Crippen LogP contribution is -2.23. The van der Waals surface area contributed by atoms with E-state index in [-0.39, 0.29) is 5.56 Å². The Morgan fingerprint density at radius 1 is 1.25 bits per heavy atom. The highest BCUT2D eigenvalue weighted by atomic mass is 16.1. The van der Waals surface area contributed by atoms with E-state index in [0.29, 0.717) is 17.8 Å². The standard InChI is InChI=1S/C16H17N3O/c1-10(2)8-19-9-17-15-12-6-4-5-7-13(12)18-11(3)14(15)16(19)20/h4-7,9-10H,8H2,1-3H3. The van der Waals surface area contributed by atoms with Gasteiger partial charge in [-0.1, -0.05) is 32.0 Å². The second-order valence-corrected chi connectivity index (χ2v) is 5.53. The van der Waals surface area contributed by atoms with E-state index in [0.717, 1.165) is 22.1 Å². The van der Waals surface area contributed by atoms with E-state index in [1.807, 2.05) is 31.2 Å². The number of pyridine rings is 1. The van der Waals surface area contributed by atoms with Crippen LogP contribution in [0.25, 0.3) is 21.8 Å². The molecule has 1 aromatic carbocycles. The van der Waals surface area contributed by atoms with Crippen LogP contribution in [0.5, 0.6) is 0 Å². The van der Waals surface area contributed by atoms with E-state index >= 15 is 0 Å². The Morgan fingerprint density at radius 3 is 2.75 bits per heavy atom. The van der Waals surface area contributed by atoms with Gasteiger partial charge in [0.15, 0.2) is 0 Å². The number of benzene rings is 1. The van der Waals surface area contributed by atoms with Crippen LogP contribution in [0.15, 0.2) is 35.4 Å². The van der Waals surface area contributed by atoms with E-state index in [1.54, 1.807) is 10.9 Å². The summed E-state index contributed by atoms with van der Waals surface area (Å²) in [6, 6.07) is 7.80. The molecule has 0 atom stereocenters. The van der Waals surface area contributed by atoms with Gasteiger partial charge in [-0.3, -0.25) is 14.3 Å². The lowest BCUT2D eigenvalue weighted by Gasteiger charge is -2.11. The van der Waals surface area contributed by atoms with Crippen LogP contribution in [0.2, 0.25) is 0 Å². The second-order valence-electron chi connectivity index (χ2n) is 5.53. The molecule has 3 rings (SSSR count). The summed E-state index contributed by atoms with van der Waals surface area (Å²) in [5.41, 5.74) is 2.37. The van der Waals surface area contributed by atoms with Gasteiger partial charge in [-0.15, -0.1) is 0 Å². The van der Waals surface area contributed by atoms with Gasteiger partial charge >= 0.3 is 0 Å². The van der Waals surface area contributed by atoms with Gasteiger partial charge in [-0.05, 0) is 18.9 Å². The summed E-state index contributed by atoms with van der Waals surface area (Å²) in [5.74, 6) is 0.403. The minimum Gasteiger partial charge on any atom is -0.298 e. The number of rotatable bonds is 2. The molecule has 0 radical (unpaired) electrons. The van der Waals surface area contributed by atoms with Crippen LogP contribution in [0.4, 0.5) is 0 Å². The number of hydrogen-bond acceptors (Lipinski definition) is 3. The van der Waals surface area contributed by atoms with E-state index in [9.17, 15) is 4.79 Å². The van der Waals surface area contributed by atoms with Crippen molar-refractivity contribution in [2.75, 3.05) is 0 Å². The van der Waals surface area contributed by atoms with Crippen LogP contribution in [0.3, 0.4) is 0 Å². The van der Waals surface area contributed by atoms with Gasteiger partial charge in [0.05, 0.1) is 28.4 Å². The first-order valence-electron chi connectivity index (χ1n) is 6.82. The topological polar surface area (TPSA) is 47.8 Å².